The summed E-state index contributed by atoms with van der Waals surface area (Å²) in [5, 5.41) is 23.5. The van der Waals surface area contributed by atoms with Crippen LogP contribution in [0.25, 0.3) is 0 Å². The fourth-order valence-electron chi connectivity index (χ4n) is 1.79. The van der Waals surface area contributed by atoms with Gasteiger partial charge in [-0.3, -0.25) is 10.1 Å². The van der Waals surface area contributed by atoms with Crippen molar-refractivity contribution >= 4 is 21.6 Å². The fourth-order valence-corrected chi connectivity index (χ4v) is 2.30. The molecule has 19 heavy (non-hydrogen) atoms. The van der Waals surface area contributed by atoms with E-state index < -0.39 is 4.92 Å². The van der Waals surface area contributed by atoms with Gasteiger partial charge in [-0.05, 0) is 24.0 Å². The molecular weight excluding hydrogens is 312 g/mol. The number of nitrogens with zero attached hydrogens (tertiary/aromatic N) is 1. The lowest BCUT2D eigenvalue weighted by Crippen LogP contribution is -2.27. The van der Waals surface area contributed by atoms with Crippen molar-refractivity contribution in [1.29, 1.82) is 0 Å². The van der Waals surface area contributed by atoms with Crippen LogP contribution in [-0.4, -0.2) is 22.7 Å². The fraction of sp³-hybridized carbons (Fsp3) is 0.538. The van der Waals surface area contributed by atoms with Crippen LogP contribution >= 0.6 is 15.9 Å². The average molecular weight is 331 g/mol. The maximum absolute atomic E-state index is 10.6. The molecule has 0 bridgehead atoms. The number of non-ortho nitro benzene ring substituents is 1. The first-order chi connectivity index (χ1) is 8.90. The molecule has 1 rings (SSSR count). The molecule has 106 valence electrons. The monoisotopic (exact) mass is 330 g/mol. The smallest absolute Gasteiger partial charge is 0.270 e. The van der Waals surface area contributed by atoms with Gasteiger partial charge in [0, 0.05) is 29.7 Å². The molecule has 0 saturated heterocycles. The Labute approximate surface area is 121 Å². The summed E-state index contributed by atoms with van der Waals surface area (Å²) in [7, 11) is 0. The minimum atomic E-state index is -0.422. The van der Waals surface area contributed by atoms with Crippen LogP contribution in [0.3, 0.4) is 0 Å². The average Bonchev–Trinajstić information content (AvgIpc) is 2.29. The molecule has 1 aromatic rings. The van der Waals surface area contributed by atoms with Crippen molar-refractivity contribution < 1.29 is 10.0 Å². The van der Waals surface area contributed by atoms with Crippen molar-refractivity contribution in [3.05, 3.63) is 38.3 Å². The van der Waals surface area contributed by atoms with E-state index in [2.05, 4.69) is 35.1 Å². The van der Waals surface area contributed by atoms with Crippen LogP contribution in [0.1, 0.15) is 25.8 Å². The molecule has 0 aliphatic carbocycles. The van der Waals surface area contributed by atoms with Gasteiger partial charge in [-0.15, -0.1) is 0 Å². The molecule has 0 heterocycles. The van der Waals surface area contributed by atoms with Crippen LogP contribution < -0.4 is 5.32 Å². The normalized spacial score (nSPS) is 12.7. The number of nitrogens with one attached hydrogen (secondary N) is 1. The minimum Gasteiger partial charge on any atom is -0.392 e. The zero-order chi connectivity index (χ0) is 14.4. The van der Waals surface area contributed by atoms with E-state index in [9.17, 15) is 15.2 Å². The lowest BCUT2D eigenvalue weighted by Gasteiger charge is -2.14. The summed E-state index contributed by atoms with van der Waals surface area (Å²) in [6.45, 7) is 5.21. The minimum absolute atomic E-state index is 0.0652. The van der Waals surface area contributed by atoms with Gasteiger partial charge in [-0.2, -0.15) is 0 Å². The second-order valence-electron chi connectivity index (χ2n) is 4.95. The molecule has 1 aromatic carbocycles. The second kappa shape index (κ2) is 7.57. The van der Waals surface area contributed by atoms with Crippen LogP contribution in [0.5, 0.6) is 0 Å². The highest BCUT2D eigenvalue weighted by Gasteiger charge is 2.10. The van der Waals surface area contributed by atoms with E-state index in [4.69, 9.17) is 0 Å². The molecule has 5 nitrogen and oxygen atoms in total. The Balaban J connectivity index is 2.48. The van der Waals surface area contributed by atoms with Gasteiger partial charge in [-0.25, -0.2) is 0 Å². The van der Waals surface area contributed by atoms with Gasteiger partial charge in [0.2, 0.25) is 0 Å². The van der Waals surface area contributed by atoms with Crippen molar-refractivity contribution in [2.75, 3.05) is 6.54 Å². The molecule has 0 saturated carbocycles. The van der Waals surface area contributed by atoms with Crippen LogP contribution in [0.15, 0.2) is 22.7 Å². The molecule has 0 fully saturated rings. The third-order valence-electron chi connectivity index (χ3n) is 2.69. The van der Waals surface area contributed by atoms with Crippen molar-refractivity contribution in [2.45, 2.75) is 32.9 Å². The summed E-state index contributed by atoms with van der Waals surface area (Å²) in [6.07, 6.45) is 0.394. The summed E-state index contributed by atoms with van der Waals surface area (Å²) in [6, 6.07) is 4.68. The molecule has 6 heteroatoms. The summed E-state index contributed by atoms with van der Waals surface area (Å²) < 4.78 is 0.701. The van der Waals surface area contributed by atoms with Gasteiger partial charge in [-0.1, -0.05) is 29.8 Å². The SMILES string of the molecule is CC(C)CC(O)CNCc1ccc([N+](=O)[O-])cc1Br. The van der Waals surface area contributed by atoms with E-state index in [0.29, 0.717) is 23.5 Å². The molecule has 0 radical (unpaired) electrons. The lowest BCUT2D eigenvalue weighted by atomic mass is 10.1. The van der Waals surface area contributed by atoms with E-state index in [1.807, 2.05) is 0 Å². The van der Waals surface area contributed by atoms with Gasteiger partial charge in [0.05, 0.1) is 11.0 Å². The van der Waals surface area contributed by atoms with Gasteiger partial charge in [0.1, 0.15) is 0 Å². The zero-order valence-electron chi connectivity index (χ0n) is 11.1. The number of aliphatic hydroxyl groups excluding tert-OH is 1. The Morgan fingerprint density at radius 3 is 2.68 bits per heavy atom. The van der Waals surface area contributed by atoms with Gasteiger partial charge in [0.15, 0.2) is 0 Å². The quantitative estimate of drug-likeness (QED) is 0.595. The van der Waals surface area contributed by atoms with Gasteiger partial charge < -0.3 is 10.4 Å². The van der Waals surface area contributed by atoms with Crippen LogP contribution in [-0.2, 0) is 6.54 Å². The molecule has 0 aliphatic heterocycles. The maximum atomic E-state index is 10.6. The zero-order valence-corrected chi connectivity index (χ0v) is 12.7. The van der Waals surface area contributed by atoms with Crippen LogP contribution in [0, 0.1) is 16.0 Å². The van der Waals surface area contributed by atoms with Crippen LogP contribution in [0.4, 0.5) is 5.69 Å². The number of nitro groups is 1. The van der Waals surface area contributed by atoms with E-state index in [1.54, 1.807) is 6.07 Å². The molecule has 0 aliphatic rings. The second-order valence-corrected chi connectivity index (χ2v) is 5.80. The van der Waals surface area contributed by atoms with Gasteiger partial charge in [0.25, 0.3) is 5.69 Å². The number of hydrogen-bond acceptors (Lipinski definition) is 4. The first-order valence-electron chi connectivity index (χ1n) is 6.21. The largest absolute Gasteiger partial charge is 0.392 e. The van der Waals surface area contributed by atoms with E-state index in [0.717, 1.165) is 12.0 Å². The topological polar surface area (TPSA) is 75.4 Å². The number of halogens is 1. The predicted octanol–water partition coefficient (Wildman–Crippen LogP) is 2.85. The molecule has 0 amide bonds. The summed E-state index contributed by atoms with van der Waals surface area (Å²) >= 11 is 3.32. The number of rotatable bonds is 7. The highest BCUT2D eigenvalue weighted by molar-refractivity contribution is 9.10. The molecule has 1 atom stereocenters. The Morgan fingerprint density at radius 2 is 2.16 bits per heavy atom. The Hall–Kier alpha value is -0.980. The molecule has 0 spiro atoms. The van der Waals surface area contributed by atoms with Crippen molar-refractivity contribution in [2.24, 2.45) is 5.92 Å². The van der Waals surface area contributed by atoms with Crippen molar-refractivity contribution in [3.8, 4) is 0 Å². The highest BCUT2D eigenvalue weighted by atomic mass is 79.9. The predicted molar refractivity (Wildman–Crippen MR) is 78.0 cm³/mol. The first kappa shape index (κ1) is 16.1. The third kappa shape index (κ3) is 5.67. The Kier molecular flexibility index (Phi) is 6.41. The maximum Gasteiger partial charge on any atom is 0.270 e. The molecule has 2 N–H and O–H groups in total. The highest BCUT2D eigenvalue weighted by Crippen LogP contribution is 2.22. The van der Waals surface area contributed by atoms with Crippen molar-refractivity contribution in [1.82, 2.24) is 5.32 Å². The Morgan fingerprint density at radius 1 is 1.47 bits per heavy atom. The number of benzene rings is 1. The lowest BCUT2D eigenvalue weighted by molar-refractivity contribution is -0.384. The summed E-state index contributed by atoms with van der Waals surface area (Å²) in [5.41, 5.74) is 0.998. The van der Waals surface area contributed by atoms with Crippen LogP contribution in [0.2, 0.25) is 0 Å². The first-order valence-corrected chi connectivity index (χ1v) is 7.01. The summed E-state index contributed by atoms with van der Waals surface area (Å²) in [5.74, 6) is 0.461. The number of nitro benzene ring substituents is 1. The summed E-state index contributed by atoms with van der Waals surface area (Å²) in [4.78, 5) is 10.2. The standard InChI is InChI=1S/C13H19BrN2O3/c1-9(2)5-12(17)8-15-7-10-3-4-11(16(18)19)6-13(10)14/h3-4,6,9,12,15,17H,5,7-8H2,1-2H3. The molecular formula is C13H19BrN2O3. The third-order valence-corrected chi connectivity index (χ3v) is 3.42. The Bertz CT molecular complexity index is 438. The molecule has 1 unspecified atom stereocenters. The molecule has 0 aromatic heterocycles. The van der Waals surface area contributed by atoms with Crippen molar-refractivity contribution in [3.63, 3.8) is 0 Å². The number of aliphatic hydroxyl groups is 1. The number of hydrogen-bond donors (Lipinski definition) is 2. The van der Waals surface area contributed by atoms with Gasteiger partial charge >= 0.3 is 0 Å². The van der Waals surface area contributed by atoms with E-state index in [1.165, 1.54) is 12.1 Å². The van der Waals surface area contributed by atoms with E-state index in [-0.39, 0.29) is 11.8 Å². The van der Waals surface area contributed by atoms with E-state index >= 15 is 0 Å².